The Morgan fingerprint density at radius 2 is 1.68 bits per heavy atom. The van der Waals surface area contributed by atoms with Gasteiger partial charge in [-0.15, -0.1) is 0 Å². The quantitative estimate of drug-likeness (QED) is 0.322. The lowest BCUT2D eigenvalue weighted by Crippen LogP contribution is -2.33. The smallest absolute Gasteiger partial charge is 0.326 e. The monoisotopic (exact) mass is 533 g/mol. The summed E-state index contributed by atoms with van der Waals surface area (Å²) < 4.78 is 50.1. The molecule has 0 spiro atoms. The average Bonchev–Trinajstić information content (AvgIpc) is 3.11. The van der Waals surface area contributed by atoms with E-state index in [-0.39, 0.29) is 18.0 Å². The number of carbonyl (C=O) groups is 1. The summed E-state index contributed by atoms with van der Waals surface area (Å²) in [5.74, 6) is -0.890. The van der Waals surface area contributed by atoms with Crippen LogP contribution < -0.4 is 0 Å². The molecule has 196 valence electrons. The maximum atomic E-state index is 14.5. The second-order valence-electron chi connectivity index (χ2n) is 10.2. The molecule has 0 bridgehead atoms. The minimum atomic E-state index is -3.94. The molecule has 0 unspecified atom stereocenters. The Morgan fingerprint density at radius 3 is 2.39 bits per heavy atom. The largest absolute Gasteiger partial charge is 0.459 e. The number of hydrogen-bond donors (Lipinski definition) is 0. The maximum absolute atomic E-state index is 14.5. The van der Waals surface area contributed by atoms with Crippen molar-refractivity contribution >= 4 is 32.6 Å². The van der Waals surface area contributed by atoms with Crippen LogP contribution >= 0.6 is 0 Å². The first-order valence-corrected chi connectivity index (χ1v) is 13.6. The van der Waals surface area contributed by atoms with E-state index in [1.54, 1.807) is 55.7 Å². The second kappa shape index (κ2) is 9.40. The standard InChI is InChI=1S/C29H28FN3O4S/c1-19-27(23-16-21(30)14-15-24(23)32(19)18-26(34)37-29(2,3)4)28-22-12-8-9-13-25(22)38(35,36)33(31-28)17-20-10-6-5-7-11-20/h5-16H,17-18H2,1-4H3. The van der Waals surface area contributed by atoms with E-state index in [2.05, 4.69) is 5.10 Å². The van der Waals surface area contributed by atoms with Gasteiger partial charge >= 0.3 is 5.97 Å². The number of aromatic nitrogens is 1. The molecule has 5 rings (SSSR count). The highest BCUT2D eigenvalue weighted by Crippen LogP contribution is 2.35. The number of esters is 1. The predicted octanol–water partition coefficient (Wildman–Crippen LogP) is 5.39. The third-order valence-corrected chi connectivity index (χ3v) is 7.98. The molecule has 0 fully saturated rings. The SMILES string of the molecule is Cc1c(C2=NN(Cc3ccccc3)S(=O)(=O)c3ccccc32)c2cc(F)ccc2n1CC(=O)OC(C)(C)C. The summed E-state index contributed by atoms with van der Waals surface area (Å²) in [4.78, 5) is 12.9. The minimum Gasteiger partial charge on any atom is -0.459 e. The zero-order valence-corrected chi connectivity index (χ0v) is 22.4. The zero-order chi connectivity index (χ0) is 27.2. The lowest BCUT2D eigenvalue weighted by molar-refractivity contribution is -0.155. The van der Waals surface area contributed by atoms with Crippen LogP contribution in [0.5, 0.6) is 0 Å². The lowest BCUT2D eigenvalue weighted by Gasteiger charge is -2.27. The summed E-state index contributed by atoms with van der Waals surface area (Å²) in [7, 11) is -3.94. The highest BCUT2D eigenvalue weighted by molar-refractivity contribution is 7.89. The molecular weight excluding hydrogens is 505 g/mol. The highest BCUT2D eigenvalue weighted by Gasteiger charge is 2.35. The fourth-order valence-corrected chi connectivity index (χ4v) is 6.15. The van der Waals surface area contributed by atoms with E-state index < -0.39 is 27.4 Å². The Morgan fingerprint density at radius 1 is 1.00 bits per heavy atom. The summed E-state index contributed by atoms with van der Waals surface area (Å²) in [5.41, 5.74) is 2.73. The van der Waals surface area contributed by atoms with Gasteiger partial charge in [-0.05, 0) is 57.5 Å². The molecule has 1 aliphatic rings. The van der Waals surface area contributed by atoms with Gasteiger partial charge in [0.05, 0.1) is 11.4 Å². The Kier molecular flexibility index (Phi) is 6.35. The van der Waals surface area contributed by atoms with E-state index in [4.69, 9.17) is 4.74 Å². The van der Waals surface area contributed by atoms with Gasteiger partial charge in [0.25, 0.3) is 10.0 Å². The third kappa shape index (κ3) is 4.69. The van der Waals surface area contributed by atoms with Crippen LogP contribution in [0.15, 0.2) is 82.8 Å². The van der Waals surface area contributed by atoms with Gasteiger partial charge in [-0.1, -0.05) is 48.5 Å². The number of halogens is 1. The summed E-state index contributed by atoms with van der Waals surface area (Å²) in [6.07, 6.45) is 0. The molecule has 0 radical (unpaired) electrons. The number of carbonyl (C=O) groups excluding carboxylic acids is 1. The Labute approximate surface area is 221 Å². The van der Waals surface area contributed by atoms with Crippen molar-refractivity contribution in [1.29, 1.82) is 0 Å². The molecule has 0 atom stereocenters. The molecule has 1 aromatic heterocycles. The normalized spacial score (nSPS) is 14.8. The molecule has 0 saturated heterocycles. The Bertz CT molecular complexity index is 1690. The van der Waals surface area contributed by atoms with Crippen LogP contribution in [-0.2, 0) is 32.6 Å². The molecule has 1 aliphatic heterocycles. The molecule has 38 heavy (non-hydrogen) atoms. The van der Waals surface area contributed by atoms with Crippen LogP contribution in [0.2, 0.25) is 0 Å². The van der Waals surface area contributed by atoms with Crippen molar-refractivity contribution < 1.29 is 22.3 Å². The van der Waals surface area contributed by atoms with Gasteiger partial charge in [-0.25, -0.2) is 4.39 Å². The van der Waals surface area contributed by atoms with Crippen molar-refractivity contribution in [3.05, 3.63) is 101 Å². The van der Waals surface area contributed by atoms with Gasteiger partial charge in [0, 0.05) is 27.7 Å². The number of ether oxygens (including phenoxy) is 1. The van der Waals surface area contributed by atoms with E-state index in [1.807, 2.05) is 37.3 Å². The van der Waals surface area contributed by atoms with E-state index in [1.165, 1.54) is 12.1 Å². The number of rotatable bonds is 5. The number of nitrogens with zero attached hydrogens (tertiary/aromatic N) is 3. The van der Waals surface area contributed by atoms with Crippen molar-refractivity contribution in [3.8, 4) is 0 Å². The maximum Gasteiger partial charge on any atom is 0.326 e. The Balaban J connectivity index is 1.72. The van der Waals surface area contributed by atoms with Crippen molar-refractivity contribution in [2.75, 3.05) is 0 Å². The number of benzene rings is 3. The minimum absolute atomic E-state index is 0.0327. The van der Waals surface area contributed by atoms with Crippen LogP contribution in [0.4, 0.5) is 4.39 Å². The molecule has 0 aliphatic carbocycles. The molecule has 2 heterocycles. The topological polar surface area (TPSA) is 81.0 Å². The molecule has 9 heteroatoms. The molecule has 0 saturated carbocycles. The van der Waals surface area contributed by atoms with E-state index in [9.17, 15) is 17.6 Å². The first-order chi connectivity index (χ1) is 18.0. The molecule has 3 aromatic carbocycles. The third-order valence-electron chi connectivity index (χ3n) is 6.30. The second-order valence-corrected chi connectivity index (χ2v) is 12.0. The molecule has 4 aromatic rings. The van der Waals surface area contributed by atoms with Crippen LogP contribution in [0.25, 0.3) is 10.9 Å². The zero-order valence-electron chi connectivity index (χ0n) is 21.6. The van der Waals surface area contributed by atoms with Gasteiger partial charge in [0.2, 0.25) is 0 Å². The summed E-state index contributed by atoms with van der Waals surface area (Å²) in [6, 6.07) is 20.2. The number of fused-ring (bicyclic) bond motifs is 2. The highest BCUT2D eigenvalue weighted by atomic mass is 32.2. The molecule has 7 nitrogen and oxygen atoms in total. The summed E-state index contributed by atoms with van der Waals surface area (Å²) >= 11 is 0. The first-order valence-electron chi connectivity index (χ1n) is 12.2. The van der Waals surface area contributed by atoms with Crippen LogP contribution in [0, 0.1) is 12.7 Å². The number of hydrogen-bond acceptors (Lipinski definition) is 5. The summed E-state index contributed by atoms with van der Waals surface area (Å²) in [5, 5.41) is 5.17. The fraction of sp³-hybridized carbons (Fsp3) is 0.241. The van der Waals surface area contributed by atoms with Crippen LogP contribution in [0.1, 0.15) is 43.2 Å². The van der Waals surface area contributed by atoms with Crippen LogP contribution in [-0.4, -0.2) is 34.7 Å². The van der Waals surface area contributed by atoms with E-state index >= 15 is 0 Å². The average molecular weight is 534 g/mol. The van der Waals surface area contributed by atoms with E-state index in [0.29, 0.717) is 33.4 Å². The molecular formula is C29H28FN3O4S. The van der Waals surface area contributed by atoms with Crippen LogP contribution in [0.3, 0.4) is 0 Å². The van der Waals surface area contributed by atoms with Gasteiger partial charge < -0.3 is 9.30 Å². The van der Waals surface area contributed by atoms with Gasteiger partial charge in [-0.2, -0.15) is 17.9 Å². The van der Waals surface area contributed by atoms with Crippen molar-refractivity contribution in [2.24, 2.45) is 5.10 Å². The van der Waals surface area contributed by atoms with Gasteiger partial charge in [-0.3, -0.25) is 4.79 Å². The molecule has 0 amide bonds. The fourth-order valence-electron chi connectivity index (χ4n) is 4.72. The van der Waals surface area contributed by atoms with Crippen molar-refractivity contribution in [2.45, 2.75) is 51.3 Å². The van der Waals surface area contributed by atoms with Crippen molar-refractivity contribution in [3.63, 3.8) is 0 Å². The van der Waals surface area contributed by atoms with Crippen molar-refractivity contribution in [1.82, 2.24) is 8.98 Å². The molecule has 0 N–H and O–H groups in total. The lowest BCUT2D eigenvalue weighted by atomic mass is 9.99. The predicted molar refractivity (Wildman–Crippen MR) is 144 cm³/mol. The number of sulfonamides is 1. The van der Waals surface area contributed by atoms with Gasteiger partial charge in [0.1, 0.15) is 23.7 Å². The number of hydrazone groups is 1. The van der Waals surface area contributed by atoms with E-state index in [0.717, 1.165) is 9.98 Å². The first kappa shape index (κ1) is 25.7. The van der Waals surface area contributed by atoms with Gasteiger partial charge in [0.15, 0.2) is 0 Å². The Hall–Kier alpha value is -3.98. The summed E-state index contributed by atoms with van der Waals surface area (Å²) in [6.45, 7) is 7.13.